The standard InChI is InChI=1S/C17H22N2O3/c1-11(2)10-22-17(21)19-8-16-14(7-12(19)9-20)13-5-3-4-6-15(13)18-16/h3-6,11-12,18,20H,7-10H2,1-2H3. The number of nitrogens with zero attached hydrogens (tertiary/aromatic N) is 1. The molecule has 2 heterocycles. The lowest BCUT2D eigenvalue weighted by Crippen LogP contribution is -2.46. The Morgan fingerprint density at radius 2 is 2.23 bits per heavy atom. The fraction of sp³-hybridized carbons (Fsp3) is 0.471. The van der Waals surface area contributed by atoms with Crippen LogP contribution in [0.15, 0.2) is 24.3 Å². The molecule has 0 saturated carbocycles. The monoisotopic (exact) mass is 302 g/mol. The molecule has 0 spiro atoms. The van der Waals surface area contributed by atoms with Crippen LogP contribution in [0.5, 0.6) is 0 Å². The van der Waals surface area contributed by atoms with Gasteiger partial charge in [0.1, 0.15) is 0 Å². The summed E-state index contributed by atoms with van der Waals surface area (Å²) in [5, 5.41) is 10.8. The molecule has 1 atom stereocenters. The highest BCUT2D eigenvalue weighted by molar-refractivity contribution is 5.85. The van der Waals surface area contributed by atoms with E-state index in [9.17, 15) is 9.90 Å². The van der Waals surface area contributed by atoms with Gasteiger partial charge in [-0.05, 0) is 24.0 Å². The van der Waals surface area contributed by atoms with Crippen molar-refractivity contribution in [1.82, 2.24) is 9.88 Å². The number of ether oxygens (including phenoxy) is 1. The summed E-state index contributed by atoms with van der Waals surface area (Å²) in [4.78, 5) is 17.3. The maximum absolute atomic E-state index is 12.3. The molecule has 0 aliphatic carbocycles. The Hall–Kier alpha value is -2.01. The third kappa shape index (κ3) is 2.68. The first-order chi connectivity index (χ1) is 10.6. The Morgan fingerprint density at radius 1 is 1.45 bits per heavy atom. The molecule has 1 aliphatic rings. The van der Waals surface area contributed by atoms with Gasteiger partial charge in [-0.3, -0.25) is 4.90 Å². The summed E-state index contributed by atoms with van der Waals surface area (Å²) in [5.41, 5.74) is 3.30. The number of hydrogen-bond acceptors (Lipinski definition) is 3. The number of amides is 1. The molecule has 1 unspecified atom stereocenters. The van der Waals surface area contributed by atoms with E-state index in [0.29, 0.717) is 25.5 Å². The fourth-order valence-electron chi connectivity index (χ4n) is 2.97. The van der Waals surface area contributed by atoms with Crippen LogP contribution in [0.1, 0.15) is 25.1 Å². The molecular formula is C17H22N2O3. The van der Waals surface area contributed by atoms with Crippen molar-refractivity contribution in [3.8, 4) is 0 Å². The topological polar surface area (TPSA) is 65.6 Å². The highest BCUT2D eigenvalue weighted by Crippen LogP contribution is 2.30. The van der Waals surface area contributed by atoms with Crippen LogP contribution in [0.3, 0.4) is 0 Å². The number of carbonyl (C=O) groups is 1. The average Bonchev–Trinajstić information content (AvgIpc) is 2.88. The number of aromatic nitrogens is 1. The van der Waals surface area contributed by atoms with E-state index in [1.54, 1.807) is 4.90 Å². The second-order valence-electron chi connectivity index (χ2n) is 6.27. The number of hydrogen-bond donors (Lipinski definition) is 2. The van der Waals surface area contributed by atoms with E-state index in [0.717, 1.165) is 11.2 Å². The molecule has 1 aliphatic heterocycles. The second kappa shape index (κ2) is 6.01. The van der Waals surface area contributed by atoms with Crippen molar-refractivity contribution < 1.29 is 14.6 Å². The van der Waals surface area contributed by atoms with Gasteiger partial charge in [-0.15, -0.1) is 0 Å². The van der Waals surface area contributed by atoms with E-state index in [4.69, 9.17) is 4.74 Å². The zero-order chi connectivity index (χ0) is 15.7. The lowest BCUT2D eigenvalue weighted by atomic mass is 9.97. The molecule has 5 heteroatoms. The van der Waals surface area contributed by atoms with E-state index in [1.165, 1.54) is 10.9 Å². The maximum Gasteiger partial charge on any atom is 0.410 e. The quantitative estimate of drug-likeness (QED) is 0.916. The predicted octanol–water partition coefficient (Wildman–Crippen LogP) is 2.68. The van der Waals surface area contributed by atoms with E-state index in [2.05, 4.69) is 11.1 Å². The van der Waals surface area contributed by atoms with Crippen LogP contribution in [0.25, 0.3) is 10.9 Å². The number of benzene rings is 1. The highest BCUT2D eigenvalue weighted by atomic mass is 16.6. The Labute approximate surface area is 129 Å². The molecule has 2 N–H and O–H groups in total. The van der Waals surface area contributed by atoms with Crippen LogP contribution in [0, 0.1) is 5.92 Å². The van der Waals surface area contributed by atoms with Gasteiger partial charge < -0.3 is 14.8 Å². The van der Waals surface area contributed by atoms with Gasteiger partial charge in [0.15, 0.2) is 0 Å². The van der Waals surface area contributed by atoms with Gasteiger partial charge in [0.2, 0.25) is 0 Å². The van der Waals surface area contributed by atoms with Crippen molar-refractivity contribution in [1.29, 1.82) is 0 Å². The van der Waals surface area contributed by atoms with E-state index >= 15 is 0 Å². The first-order valence-corrected chi connectivity index (χ1v) is 7.73. The fourth-order valence-corrected chi connectivity index (χ4v) is 2.97. The van der Waals surface area contributed by atoms with Gasteiger partial charge >= 0.3 is 6.09 Å². The van der Waals surface area contributed by atoms with Crippen molar-refractivity contribution >= 4 is 17.0 Å². The summed E-state index contributed by atoms with van der Waals surface area (Å²) < 4.78 is 5.33. The van der Waals surface area contributed by atoms with Crippen LogP contribution in [-0.2, 0) is 17.7 Å². The molecule has 22 heavy (non-hydrogen) atoms. The third-order valence-corrected chi connectivity index (χ3v) is 4.10. The number of aromatic amines is 1. The zero-order valence-corrected chi connectivity index (χ0v) is 13.0. The molecule has 3 rings (SSSR count). The smallest absolute Gasteiger partial charge is 0.410 e. The highest BCUT2D eigenvalue weighted by Gasteiger charge is 2.32. The maximum atomic E-state index is 12.3. The van der Waals surface area contributed by atoms with Crippen molar-refractivity contribution in [2.24, 2.45) is 5.92 Å². The van der Waals surface area contributed by atoms with E-state index in [1.807, 2.05) is 32.0 Å². The SMILES string of the molecule is CC(C)COC(=O)N1Cc2[nH]c3ccccc3c2CC1CO. The largest absolute Gasteiger partial charge is 0.449 e. The zero-order valence-electron chi connectivity index (χ0n) is 13.0. The third-order valence-electron chi connectivity index (χ3n) is 4.10. The van der Waals surface area contributed by atoms with Gasteiger partial charge in [0.05, 0.1) is 25.8 Å². The molecule has 0 saturated heterocycles. The van der Waals surface area contributed by atoms with Gasteiger partial charge in [0, 0.05) is 16.6 Å². The predicted molar refractivity (Wildman–Crippen MR) is 84.6 cm³/mol. The minimum atomic E-state index is -0.350. The van der Waals surface area contributed by atoms with Crippen LogP contribution in [0.4, 0.5) is 4.79 Å². The lowest BCUT2D eigenvalue weighted by Gasteiger charge is -2.34. The van der Waals surface area contributed by atoms with Gasteiger partial charge in [-0.2, -0.15) is 0 Å². The normalized spacial score (nSPS) is 17.8. The minimum absolute atomic E-state index is 0.0598. The number of para-hydroxylation sites is 1. The van der Waals surface area contributed by atoms with E-state index in [-0.39, 0.29) is 18.7 Å². The minimum Gasteiger partial charge on any atom is -0.449 e. The second-order valence-corrected chi connectivity index (χ2v) is 6.27. The number of aliphatic hydroxyl groups excluding tert-OH is 1. The molecular weight excluding hydrogens is 280 g/mol. The number of fused-ring (bicyclic) bond motifs is 3. The van der Waals surface area contributed by atoms with Gasteiger partial charge in [0.25, 0.3) is 0 Å². The van der Waals surface area contributed by atoms with Crippen molar-refractivity contribution in [3.05, 3.63) is 35.5 Å². The number of carbonyl (C=O) groups excluding carboxylic acids is 1. The van der Waals surface area contributed by atoms with Gasteiger partial charge in [-0.1, -0.05) is 32.0 Å². The lowest BCUT2D eigenvalue weighted by molar-refractivity contribution is 0.0539. The van der Waals surface area contributed by atoms with Crippen LogP contribution in [-0.4, -0.2) is 40.3 Å². The number of aliphatic hydroxyl groups is 1. The Morgan fingerprint density at radius 3 is 2.95 bits per heavy atom. The molecule has 5 nitrogen and oxygen atoms in total. The van der Waals surface area contributed by atoms with Gasteiger partial charge in [-0.25, -0.2) is 4.79 Å². The van der Waals surface area contributed by atoms with Crippen molar-refractivity contribution in [3.63, 3.8) is 0 Å². The summed E-state index contributed by atoms with van der Waals surface area (Å²) in [6.45, 7) is 4.79. The molecule has 1 aromatic carbocycles. The first-order valence-electron chi connectivity index (χ1n) is 7.73. The summed E-state index contributed by atoms with van der Waals surface area (Å²) in [6, 6.07) is 7.87. The first kappa shape index (κ1) is 14.9. The molecule has 0 bridgehead atoms. The Kier molecular flexibility index (Phi) is 4.07. The molecule has 0 fully saturated rings. The molecule has 1 aromatic heterocycles. The Balaban J connectivity index is 1.86. The number of H-pyrrole nitrogens is 1. The van der Waals surface area contributed by atoms with Crippen LogP contribution < -0.4 is 0 Å². The summed E-state index contributed by atoms with van der Waals surface area (Å²) in [6.07, 6.45) is 0.296. The number of rotatable bonds is 3. The van der Waals surface area contributed by atoms with Crippen LogP contribution >= 0.6 is 0 Å². The van der Waals surface area contributed by atoms with Crippen molar-refractivity contribution in [2.75, 3.05) is 13.2 Å². The molecule has 1 amide bonds. The summed E-state index contributed by atoms with van der Waals surface area (Å²) in [7, 11) is 0. The summed E-state index contributed by atoms with van der Waals surface area (Å²) >= 11 is 0. The Bertz CT molecular complexity index is 678. The summed E-state index contributed by atoms with van der Waals surface area (Å²) in [5.74, 6) is 0.296. The molecule has 2 aromatic rings. The molecule has 118 valence electrons. The molecule has 0 radical (unpaired) electrons. The van der Waals surface area contributed by atoms with Crippen LogP contribution in [0.2, 0.25) is 0 Å². The number of nitrogens with one attached hydrogen (secondary N) is 1. The average molecular weight is 302 g/mol. The van der Waals surface area contributed by atoms with E-state index < -0.39 is 0 Å². The van der Waals surface area contributed by atoms with Crippen molar-refractivity contribution in [2.45, 2.75) is 32.9 Å².